The van der Waals surface area contributed by atoms with Crippen molar-refractivity contribution in [2.24, 2.45) is 0 Å². The van der Waals surface area contributed by atoms with Crippen molar-refractivity contribution in [3.05, 3.63) is 46.1 Å². The average Bonchev–Trinajstić information content (AvgIpc) is 2.32. The zero-order valence-corrected chi connectivity index (χ0v) is 13.5. The summed E-state index contributed by atoms with van der Waals surface area (Å²) in [5, 5.41) is 0. The zero-order chi connectivity index (χ0) is 14.9. The molecule has 0 N–H and O–H groups in total. The lowest BCUT2D eigenvalue weighted by molar-refractivity contribution is 0.438. The number of halogens is 2. The molecule has 1 aromatic heterocycles. The van der Waals surface area contributed by atoms with E-state index in [9.17, 15) is 4.39 Å². The molecule has 0 aliphatic rings. The van der Waals surface area contributed by atoms with Crippen LogP contribution in [-0.4, -0.2) is 9.97 Å². The molecule has 0 aliphatic carbocycles. The van der Waals surface area contributed by atoms with Gasteiger partial charge in [-0.05, 0) is 34.5 Å². The fraction of sp³-hybridized carbons (Fsp3) is 0.333. The van der Waals surface area contributed by atoms with Crippen molar-refractivity contribution in [1.29, 1.82) is 0 Å². The Balaban J connectivity index is 2.39. The van der Waals surface area contributed by atoms with E-state index in [1.165, 1.54) is 12.1 Å². The van der Waals surface area contributed by atoms with Crippen LogP contribution in [0.25, 0.3) is 0 Å². The predicted octanol–water partition coefficient (Wildman–Crippen LogP) is 4.78. The summed E-state index contributed by atoms with van der Waals surface area (Å²) < 4.78 is 19.6. The molecular weight excluding hydrogens is 323 g/mol. The van der Waals surface area contributed by atoms with Crippen molar-refractivity contribution < 1.29 is 9.13 Å². The monoisotopic (exact) mass is 338 g/mol. The molecule has 106 valence electrons. The van der Waals surface area contributed by atoms with Gasteiger partial charge in [-0.15, -0.1) is 0 Å². The lowest BCUT2D eigenvalue weighted by Gasteiger charge is -2.17. The third-order valence-corrected chi connectivity index (χ3v) is 3.11. The van der Waals surface area contributed by atoms with Crippen LogP contribution >= 0.6 is 15.9 Å². The molecule has 20 heavy (non-hydrogen) atoms. The average molecular weight is 339 g/mol. The van der Waals surface area contributed by atoms with Crippen LogP contribution in [0, 0.1) is 12.7 Å². The summed E-state index contributed by atoms with van der Waals surface area (Å²) in [6.45, 7) is 7.92. The number of aryl methyl sites for hydroxylation is 1. The molecule has 0 aliphatic heterocycles. The third-order valence-electron chi connectivity index (χ3n) is 2.71. The number of ether oxygens (including phenoxy) is 1. The first-order valence-electron chi connectivity index (χ1n) is 6.25. The maximum atomic E-state index is 13.3. The van der Waals surface area contributed by atoms with Crippen molar-refractivity contribution in [3.63, 3.8) is 0 Å². The molecule has 1 heterocycles. The van der Waals surface area contributed by atoms with Crippen molar-refractivity contribution in [2.75, 3.05) is 0 Å². The Labute approximate surface area is 126 Å². The van der Waals surface area contributed by atoms with Gasteiger partial charge in [-0.1, -0.05) is 26.8 Å². The van der Waals surface area contributed by atoms with Gasteiger partial charge in [0.25, 0.3) is 0 Å². The molecular formula is C15H16BrFN2O. The van der Waals surface area contributed by atoms with Gasteiger partial charge in [0.1, 0.15) is 22.0 Å². The molecule has 1 aromatic carbocycles. The van der Waals surface area contributed by atoms with Crippen molar-refractivity contribution in [2.45, 2.75) is 33.1 Å². The van der Waals surface area contributed by atoms with E-state index < -0.39 is 0 Å². The highest BCUT2D eigenvalue weighted by atomic mass is 79.9. The molecule has 5 heteroatoms. The van der Waals surface area contributed by atoms with E-state index in [0.717, 1.165) is 5.56 Å². The first-order chi connectivity index (χ1) is 9.25. The van der Waals surface area contributed by atoms with Crippen LogP contribution in [0.3, 0.4) is 0 Å². The minimum Gasteiger partial charge on any atom is -0.438 e. The maximum absolute atomic E-state index is 13.3. The van der Waals surface area contributed by atoms with Crippen LogP contribution in [0.15, 0.2) is 28.9 Å². The molecule has 0 spiro atoms. The lowest BCUT2D eigenvalue weighted by atomic mass is 9.96. The fourth-order valence-electron chi connectivity index (χ4n) is 1.58. The second kappa shape index (κ2) is 5.48. The van der Waals surface area contributed by atoms with Gasteiger partial charge in [0.2, 0.25) is 5.88 Å². The predicted molar refractivity (Wildman–Crippen MR) is 79.6 cm³/mol. The van der Waals surface area contributed by atoms with Gasteiger partial charge in [-0.2, -0.15) is 4.98 Å². The molecule has 3 nitrogen and oxygen atoms in total. The summed E-state index contributed by atoms with van der Waals surface area (Å²) >= 11 is 3.35. The second-order valence-electron chi connectivity index (χ2n) is 5.61. The van der Waals surface area contributed by atoms with E-state index in [-0.39, 0.29) is 11.2 Å². The molecule has 0 amide bonds. The molecule has 0 bridgehead atoms. The minimum absolute atomic E-state index is 0.196. The van der Waals surface area contributed by atoms with E-state index >= 15 is 0 Å². The Morgan fingerprint density at radius 2 is 1.85 bits per heavy atom. The normalized spacial score (nSPS) is 11.5. The van der Waals surface area contributed by atoms with E-state index in [2.05, 4.69) is 25.9 Å². The number of hydrogen-bond acceptors (Lipinski definition) is 3. The smallest absolute Gasteiger partial charge is 0.223 e. The highest BCUT2D eigenvalue weighted by Crippen LogP contribution is 2.28. The van der Waals surface area contributed by atoms with Gasteiger partial charge in [0, 0.05) is 17.5 Å². The largest absolute Gasteiger partial charge is 0.438 e. The minimum atomic E-state index is -0.338. The van der Waals surface area contributed by atoms with Gasteiger partial charge >= 0.3 is 0 Å². The molecule has 0 fully saturated rings. The fourth-order valence-corrected chi connectivity index (χ4v) is 1.95. The van der Waals surface area contributed by atoms with Crippen molar-refractivity contribution in [3.8, 4) is 11.6 Å². The molecule has 2 aromatic rings. The number of rotatable bonds is 2. The van der Waals surface area contributed by atoms with E-state index in [1.807, 2.05) is 27.7 Å². The van der Waals surface area contributed by atoms with E-state index in [0.29, 0.717) is 22.1 Å². The first kappa shape index (κ1) is 14.9. The SMILES string of the molecule is Cc1ccc(F)cc1Oc1cc(Br)nc(C(C)(C)C)n1. The Bertz CT molecular complexity index is 638. The standard InChI is InChI=1S/C15H16BrFN2O/c1-9-5-6-10(17)7-11(9)20-13-8-12(16)18-14(19-13)15(2,3)4/h5-8H,1-4H3. The lowest BCUT2D eigenvalue weighted by Crippen LogP contribution is -2.16. The summed E-state index contributed by atoms with van der Waals surface area (Å²) in [5.41, 5.74) is 0.650. The Morgan fingerprint density at radius 1 is 1.15 bits per heavy atom. The van der Waals surface area contributed by atoms with Crippen LogP contribution in [0.2, 0.25) is 0 Å². The number of benzene rings is 1. The number of nitrogens with zero attached hydrogens (tertiary/aromatic N) is 2. The second-order valence-corrected chi connectivity index (χ2v) is 6.43. The van der Waals surface area contributed by atoms with Gasteiger partial charge in [0.15, 0.2) is 0 Å². The summed E-state index contributed by atoms with van der Waals surface area (Å²) in [6, 6.07) is 6.09. The summed E-state index contributed by atoms with van der Waals surface area (Å²) in [4.78, 5) is 8.72. The Morgan fingerprint density at radius 3 is 2.50 bits per heavy atom. The van der Waals surface area contributed by atoms with Gasteiger partial charge in [0.05, 0.1) is 0 Å². The van der Waals surface area contributed by atoms with Crippen LogP contribution in [0.4, 0.5) is 4.39 Å². The first-order valence-corrected chi connectivity index (χ1v) is 7.04. The highest BCUT2D eigenvalue weighted by Gasteiger charge is 2.19. The summed E-state index contributed by atoms with van der Waals surface area (Å²) in [7, 11) is 0. The van der Waals surface area contributed by atoms with Gasteiger partial charge in [-0.3, -0.25) is 0 Å². The van der Waals surface area contributed by atoms with Gasteiger partial charge < -0.3 is 4.74 Å². The zero-order valence-electron chi connectivity index (χ0n) is 11.9. The summed E-state index contributed by atoms with van der Waals surface area (Å²) in [6.07, 6.45) is 0. The molecule has 0 atom stereocenters. The van der Waals surface area contributed by atoms with Crippen molar-refractivity contribution in [1.82, 2.24) is 9.97 Å². The Kier molecular flexibility index (Phi) is 4.09. The maximum Gasteiger partial charge on any atom is 0.223 e. The Hall–Kier alpha value is -1.49. The van der Waals surface area contributed by atoms with E-state index in [1.54, 1.807) is 12.1 Å². The quantitative estimate of drug-likeness (QED) is 0.739. The topological polar surface area (TPSA) is 35.0 Å². The number of hydrogen-bond donors (Lipinski definition) is 0. The highest BCUT2D eigenvalue weighted by molar-refractivity contribution is 9.10. The van der Waals surface area contributed by atoms with Gasteiger partial charge in [-0.25, -0.2) is 9.37 Å². The van der Waals surface area contributed by atoms with E-state index in [4.69, 9.17) is 4.74 Å². The van der Waals surface area contributed by atoms with Crippen molar-refractivity contribution >= 4 is 15.9 Å². The van der Waals surface area contributed by atoms with Crippen LogP contribution in [-0.2, 0) is 5.41 Å². The molecule has 2 rings (SSSR count). The molecule has 0 radical (unpaired) electrons. The molecule has 0 saturated carbocycles. The van der Waals surface area contributed by atoms with Crippen LogP contribution in [0.5, 0.6) is 11.6 Å². The molecule has 0 saturated heterocycles. The number of aromatic nitrogens is 2. The third kappa shape index (κ3) is 3.54. The van der Waals surface area contributed by atoms with Crippen LogP contribution < -0.4 is 4.74 Å². The van der Waals surface area contributed by atoms with Crippen LogP contribution in [0.1, 0.15) is 32.2 Å². The molecule has 0 unspecified atom stereocenters. The summed E-state index contributed by atoms with van der Waals surface area (Å²) in [5.74, 6) is 1.17.